The Balaban J connectivity index is 1.97. The number of carbonyl (C=O) groups excluding carboxylic acids is 1. The van der Waals surface area contributed by atoms with Gasteiger partial charge in [-0.15, -0.1) is 0 Å². The third-order valence-electron chi connectivity index (χ3n) is 3.21. The summed E-state index contributed by atoms with van der Waals surface area (Å²) in [5.41, 5.74) is 1.12. The van der Waals surface area contributed by atoms with Crippen molar-refractivity contribution in [3.63, 3.8) is 0 Å². The third-order valence-corrected chi connectivity index (χ3v) is 3.21. The zero-order valence-corrected chi connectivity index (χ0v) is 12.5. The summed E-state index contributed by atoms with van der Waals surface area (Å²) >= 11 is 0. The highest BCUT2D eigenvalue weighted by Gasteiger charge is 2.08. The van der Waals surface area contributed by atoms with Gasteiger partial charge in [0, 0.05) is 18.8 Å². The topological polar surface area (TPSA) is 80.4 Å². The fourth-order valence-corrected chi connectivity index (χ4v) is 2.04. The number of aromatic nitrogens is 1. The van der Waals surface area contributed by atoms with Gasteiger partial charge in [0.05, 0.1) is 19.8 Å². The Kier molecular flexibility index (Phi) is 5.19. The van der Waals surface area contributed by atoms with Crippen molar-refractivity contribution >= 4 is 5.91 Å². The highest BCUT2D eigenvalue weighted by Crippen LogP contribution is 2.24. The van der Waals surface area contributed by atoms with Gasteiger partial charge in [0.2, 0.25) is 5.56 Å². The van der Waals surface area contributed by atoms with Gasteiger partial charge in [-0.2, -0.15) is 0 Å². The maximum absolute atomic E-state index is 11.9. The molecule has 2 N–H and O–H groups in total. The minimum atomic E-state index is -0.238. The molecule has 0 atom stereocenters. The first-order valence-electron chi connectivity index (χ1n) is 6.82. The predicted molar refractivity (Wildman–Crippen MR) is 82.6 cm³/mol. The van der Waals surface area contributed by atoms with E-state index in [1.165, 1.54) is 18.3 Å². The summed E-state index contributed by atoms with van der Waals surface area (Å²) in [4.78, 5) is 25.4. The highest BCUT2D eigenvalue weighted by atomic mass is 16.5. The summed E-state index contributed by atoms with van der Waals surface area (Å²) in [5.74, 6) is 1.25. The van der Waals surface area contributed by atoms with Gasteiger partial charge in [0.1, 0.15) is 11.5 Å². The van der Waals surface area contributed by atoms with E-state index in [0.717, 1.165) is 17.1 Å². The lowest BCUT2D eigenvalue weighted by Gasteiger charge is -2.11. The SMILES string of the molecule is COc1ccc(OC)c(CCNC(=O)c2ccc(=O)[nH]c2)c1. The van der Waals surface area contributed by atoms with Gasteiger partial charge in [0.25, 0.3) is 5.91 Å². The molecular formula is C16H18N2O4. The summed E-state index contributed by atoms with van der Waals surface area (Å²) in [6.45, 7) is 0.446. The van der Waals surface area contributed by atoms with Gasteiger partial charge < -0.3 is 19.8 Å². The molecule has 0 saturated carbocycles. The van der Waals surface area contributed by atoms with Crippen LogP contribution >= 0.6 is 0 Å². The number of amides is 1. The van der Waals surface area contributed by atoms with Crippen LogP contribution in [0.2, 0.25) is 0 Å². The number of benzene rings is 1. The average Bonchev–Trinajstić information content (AvgIpc) is 2.55. The first kappa shape index (κ1) is 15.6. The molecule has 1 amide bonds. The Morgan fingerprint density at radius 2 is 2.00 bits per heavy atom. The van der Waals surface area contributed by atoms with E-state index in [0.29, 0.717) is 18.5 Å². The fourth-order valence-electron chi connectivity index (χ4n) is 2.04. The van der Waals surface area contributed by atoms with E-state index in [2.05, 4.69) is 10.3 Å². The summed E-state index contributed by atoms with van der Waals surface area (Å²) in [6, 6.07) is 8.34. The number of pyridine rings is 1. The normalized spacial score (nSPS) is 10.1. The van der Waals surface area contributed by atoms with Crippen LogP contribution in [0.15, 0.2) is 41.3 Å². The van der Waals surface area contributed by atoms with Gasteiger partial charge in [-0.25, -0.2) is 0 Å². The number of ether oxygens (including phenoxy) is 2. The Bertz CT molecular complexity index is 689. The second-order valence-electron chi connectivity index (χ2n) is 4.63. The standard InChI is InChI=1S/C16H18N2O4/c1-21-13-4-5-14(22-2)11(9-13)7-8-17-16(20)12-3-6-15(19)18-10-12/h3-6,9-10H,7-8H2,1-2H3,(H,17,20)(H,18,19). The molecule has 2 aromatic rings. The lowest BCUT2D eigenvalue weighted by atomic mass is 10.1. The van der Waals surface area contributed by atoms with Crippen LogP contribution in [0, 0.1) is 0 Å². The minimum Gasteiger partial charge on any atom is -0.497 e. The monoisotopic (exact) mass is 302 g/mol. The molecular weight excluding hydrogens is 284 g/mol. The molecule has 1 aromatic carbocycles. The molecule has 0 fully saturated rings. The smallest absolute Gasteiger partial charge is 0.252 e. The van der Waals surface area contributed by atoms with Crippen molar-refractivity contribution in [2.24, 2.45) is 0 Å². The molecule has 0 aliphatic heterocycles. The van der Waals surface area contributed by atoms with Crippen LogP contribution in [0.1, 0.15) is 15.9 Å². The molecule has 1 heterocycles. The maximum Gasteiger partial charge on any atom is 0.252 e. The summed E-state index contributed by atoms with van der Waals surface area (Å²) in [5, 5.41) is 2.80. The van der Waals surface area contributed by atoms with Gasteiger partial charge in [-0.1, -0.05) is 0 Å². The van der Waals surface area contributed by atoms with Crippen LogP contribution in [0.4, 0.5) is 0 Å². The average molecular weight is 302 g/mol. The molecule has 0 radical (unpaired) electrons. The maximum atomic E-state index is 11.9. The number of rotatable bonds is 6. The van der Waals surface area contributed by atoms with E-state index >= 15 is 0 Å². The van der Waals surface area contributed by atoms with E-state index in [4.69, 9.17) is 9.47 Å². The molecule has 1 aromatic heterocycles. The van der Waals surface area contributed by atoms with Gasteiger partial charge in [-0.05, 0) is 36.2 Å². The van der Waals surface area contributed by atoms with Crippen molar-refractivity contribution in [2.75, 3.05) is 20.8 Å². The Morgan fingerprint density at radius 1 is 1.18 bits per heavy atom. The molecule has 0 unspecified atom stereocenters. The molecule has 0 spiro atoms. The Morgan fingerprint density at radius 3 is 2.64 bits per heavy atom. The largest absolute Gasteiger partial charge is 0.497 e. The van der Waals surface area contributed by atoms with Gasteiger partial charge in [-0.3, -0.25) is 9.59 Å². The Labute approximate surface area is 128 Å². The second kappa shape index (κ2) is 7.31. The van der Waals surface area contributed by atoms with Crippen LogP contribution in [-0.2, 0) is 6.42 Å². The van der Waals surface area contributed by atoms with E-state index in [-0.39, 0.29) is 11.5 Å². The number of carbonyl (C=O) groups is 1. The van der Waals surface area contributed by atoms with Crippen LogP contribution in [-0.4, -0.2) is 31.7 Å². The highest BCUT2D eigenvalue weighted by molar-refractivity contribution is 5.93. The fraction of sp³-hybridized carbons (Fsp3) is 0.250. The van der Waals surface area contributed by atoms with Crippen LogP contribution in [0.5, 0.6) is 11.5 Å². The third kappa shape index (κ3) is 3.88. The van der Waals surface area contributed by atoms with Crippen LogP contribution in [0.25, 0.3) is 0 Å². The van der Waals surface area contributed by atoms with Crippen molar-refractivity contribution in [1.29, 1.82) is 0 Å². The Hall–Kier alpha value is -2.76. The molecule has 116 valence electrons. The van der Waals surface area contributed by atoms with Gasteiger partial charge in [0.15, 0.2) is 0 Å². The first-order valence-corrected chi connectivity index (χ1v) is 6.82. The molecule has 2 rings (SSSR count). The summed E-state index contributed by atoms with van der Waals surface area (Å²) in [7, 11) is 3.20. The minimum absolute atomic E-state index is 0.238. The molecule has 0 bridgehead atoms. The van der Waals surface area contributed by atoms with Crippen molar-refractivity contribution in [1.82, 2.24) is 10.3 Å². The van der Waals surface area contributed by atoms with Crippen LogP contribution < -0.4 is 20.3 Å². The van der Waals surface area contributed by atoms with E-state index in [1.807, 2.05) is 18.2 Å². The molecule has 0 aliphatic rings. The van der Waals surface area contributed by atoms with Crippen molar-refractivity contribution in [3.8, 4) is 11.5 Å². The lowest BCUT2D eigenvalue weighted by molar-refractivity contribution is 0.0953. The summed E-state index contributed by atoms with van der Waals surface area (Å²) < 4.78 is 10.5. The van der Waals surface area contributed by atoms with E-state index < -0.39 is 0 Å². The van der Waals surface area contributed by atoms with Crippen molar-refractivity contribution in [3.05, 3.63) is 58.0 Å². The number of hydrogen-bond acceptors (Lipinski definition) is 4. The van der Waals surface area contributed by atoms with E-state index in [1.54, 1.807) is 14.2 Å². The van der Waals surface area contributed by atoms with Crippen LogP contribution in [0.3, 0.4) is 0 Å². The number of aromatic amines is 1. The zero-order chi connectivity index (χ0) is 15.9. The molecule has 6 nitrogen and oxygen atoms in total. The predicted octanol–water partition coefficient (Wildman–Crippen LogP) is 1.36. The number of nitrogens with one attached hydrogen (secondary N) is 2. The number of hydrogen-bond donors (Lipinski definition) is 2. The molecule has 22 heavy (non-hydrogen) atoms. The quantitative estimate of drug-likeness (QED) is 0.844. The summed E-state index contributed by atoms with van der Waals surface area (Å²) in [6.07, 6.45) is 2.00. The molecule has 0 aliphatic carbocycles. The number of methoxy groups -OCH3 is 2. The molecule has 0 saturated heterocycles. The van der Waals surface area contributed by atoms with Crippen molar-refractivity contribution in [2.45, 2.75) is 6.42 Å². The molecule has 6 heteroatoms. The lowest BCUT2D eigenvalue weighted by Crippen LogP contribution is -2.26. The zero-order valence-electron chi connectivity index (χ0n) is 12.5. The first-order chi connectivity index (χ1) is 10.6. The van der Waals surface area contributed by atoms with Crippen molar-refractivity contribution < 1.29 is 14.3 Å². The second-order valence-corrected chi connectivity index (χ2v) is 4.63. The van der Waals surface area contributed by atoms with Gasteiger partial charge >= 0.3 is 0 Å². The van der Waals surface area contributed by atoms with E-state index in [9.17, 15) is 9.59 Å². The number of H-pyrrole nitrogens is 1.